The Balaban J connectivity index is 2.34. The first-order chi connectivity index (χ1) is 11.8. The van der Waals surface area contributed by atoms with Crippen LogP contribution in [0.5, 0.6) is 0 Å². The highest BCUT2D eigenvalue weighted by Gasteiger charge is 2.43. The predicted octanol–water partition coefficient (Wildman–Crippen LogP) is 2.95. The van der Waals surface area contributed by atoms with Gasteiger partial charge in [0, 0.05) is 12.2 Å². The second-order valence-corrected chi connectivity index (χ2v) is 7.34. The van der Waals surface area contributed by atoms with Crippen LogP contribution in [0.15, 0.2) is 18.2 Å². The minimum absolute atomic E-state index is 0.0414. The first kappa shape index (κ1) is 20.8. The average Bonchev–Trinajstić information content (AvgIpc) is 2.50. The molecule has 0 radical (unpaired) electrons. The number of ether oxygens (including phenoxy) is 1. The van der Waals surface area contributed by atoms with E-state index < -0.39 is 47.3 Å². The van der Waals surface area contributed by atoms with Crippen molar-refractivity contribution in [2.24, 2.45) is 0 Å². The summed E-state index contributed by atoms with van der Waals surface area (Å²) >= 11 is 0. The van der Waals surface area contributed by atoms with Gasteiger partial charge in [-0.05, 0) is 23.8 Å². The number of hydrogen-bond donors (Lipinski definition) is 0. The second kappa shape index (κ2) is 7.24. The molecular formula is C14H15F6NO4S. The Bertz CT molecular complexity index is 747. The SMILES string of the molecule is CS(=O)(=O)OCc1cc(N2CCOC(C(F)(F)F)C2)cc(C(F)(F)F)c1. The van der Waals surface area contributed by atoms with E-state index in [2.05, 4.69) is 8.92 Å². The molecule has 1 atom stereocenters. The molecule has 2 rings (SSSR count). The number of anilines is 1. The fourth-order valence-corrected chi connectivity index (χ4v) is 2.71. The molecular weight excluding hydrogens is 392 g/mol. The monoisotopic (exact) mass is 407 g/mol. The molecule has 0 spiro atoms. The summed E-state index contributed by atoms with van der Waals surface area (Å²) in [5.74, 6) is 0. The molecule has 26 heavy (non-hydrogen) atoms. The fourth-order valence-electron chi connectivity index (χ4n) is 2.36. The van der Waals surface area contributed by atoms with Gasteiger partial charge in [-0.25, -0.2) is 0 Å². The van der Waals surface area contributed by atoms with Crippen molar-refractivity contribution in [2.45, 2.75) is 25.1 Å². The normalized spacial score (nSPS) is 19.7. The number of rotatable bonds is 4. The van der Waals surface area contributed by atoms with Gasteiger partial charge in [0.1, 0.15) is 0 Å². The molecule has 1 aromatic carbocycles. The molecule has 1 heterocycles. The summed E-state index contributed by atoms with van der Waals surface area (Å²) in [6.07, 6.45) is -10.8. The van der Waals surface area contributed by atoms with Crippen molar-refractivity contribution in [2.75, 3.05) is 30.9 Å². The van der Waals surface area contributed by atoms with Crippen LogP contribution in [0.25, 0.3) is 0 Å². The van der Waals surface area contributed by atoms with Crippen LogP contribution in [0.1, 0.15) is 11.1 Å². The fraction of sp³-hybridized carbons (Fsp3) is 0.571. The zero-order valence-corrected chi connectivity index (χ0v) is 14.2. The van der Waals surface area contributed by atoms with E-state index in [4.69, 9.17) is 0 Å². The first-order valence-corrected chi connectivity index (χ1v) is 9.06. The van der Waals surface area contributed by atoms with E-state index in [0.29, 0.717) is 12.1 Å². The van der Waals surface area contributed by atoms with E-state index in [1.807, 2.05) is 0 Å². The maximum Gasteiger partial charge on any atom is 0.416 e. The molecule has 1 unspecified atom stereocenters. The molecule has 0 saturated carbocycles. The van der Waals surface area contributed by atoms with E-state index in [1.54, 1.807) is 0 Å². The lowest BCUT2D eigenvalue weighted by atomic mass is 10.1. The Morgan fingerprint density at radius 2 is 1.85 bits per heavy atom. The average molecular weight is 407 g/mol. The van der Waals surface area contributed by atoms with Crippen molar-refractivity contribution in [1.82, 2.24) is 0 Å². The maximum absolute atomic E-state index is 13.1. The number of benzene rings is 1. The van der Waals surface area contributed by atoms with Crippen molar-refractivity contribution in [3.8, 4) is 0 Å². The molecule has 12 heteroatoms. The number of nitrogens with zero attached hydrogens (tertiary/aromatic N) is 1. The lowest BCUT2D eigenvalue weighted by Crippen LogP contribution is -2.49. The van der Waals surface area contributed by atoms with Gasteiger partial charge in [-0.1, -0.05) is 0 Å². The van der Waals surface area contributed by atoms with Gasteiger partial charge in [-0.3, -0.25) is 4.18 Å². The Hall–Kier alpha value is -1.53. The van der Waals surface area contributed by atoms with Gasteiger partial charge in [-0.15, -0.1) is 0 Å². The van der Waals surface area contributed by atoms with Crippen LogP contribution < -0.4 is 4.90 Å². The highest BCUT2D eigenvalue weighted by atomic mass is 32.2. The molecule has 1 aliphatic heterocycles. The molecule has 0 aromatic heterocycles. The van der Waals surface area contributed by atoms with E-state index in [-0.39, 0.29) is 24.4 Å². The molecule has 0 aliphatic carbocycles. The van der Waals surface area contributed by atoms with Crippen LogP contribution >= 0.6 is 0 Å². The van der Waals surface area contributed by atoms with E-state index in [9.17, 15) is 34.8 Å². The number of alkyl halides is 6. The maximum atomic E-state index is 13.1. The Morgan fingerprint density at radius 3 is 2.38 bits per heavy atom. The van der Waals surface area contributed by atoms with E-state index in [1.165, 1.54) is 6.07 Å². The zero-order valence-electron chi connectivity index (χ0n) is 13.4. The third kappa shape index (κ3) is 5.74. The Kier molecular flexibility index (Phi) is 5.78. The van der Waals surface area contributed by atoms with Gasteiger partial charge in [0.15, 0.2) is 6.10 Å². The standard InChI is InChI=1S/C14H15F6NO4S/c1-26(22,23)25-8-9-4-10(13(15,16)17)6-11(5-9)21-2-3-24-12(7-21)14(18,19)20/h4-6,12H,2-3,7-8H2,1H3. The highest BCUT2D eigenvalue weighted by molar-refractivity contribution is 7.85. The van der Waals surface area contributed by atoms with Crippen molar-refractivity contribution in [3.05, 3.63) is 29.3 Å². The minimum Gasteiger partial charge on any atom is -0.366 e. The number of halogens is 6. The molecule has 148 valence electrons. The second-order valence-electron chi connectivity index (χ2n) is 5.70. The van der Waals surface area contributed by atoms with Crippen LogP contribution in [-0.2, 0) is 31.8 Å². The summed E-state index contributed by atoms with van der Waals surface area (Å²) < 4.78 is 109. The summed E-state index contributed by atoms with van der Waals surface area (Å²) in [6, 6.07) is 2.57. The van der Waals surface area contributed by atoms with Crippen LogP contribution in [0.4, 0.5) is 32.0 Å². The highest BCUT2D eigenvalue weighted by Crippen LogP contribution is 2.35. The lowest BCUT2D eigenvalue weighted by Gasteiger charge is -2.35. The van der Waals surface area contributed by atoms with Gasteiger partial charge < -0.3 is 9.64 Å². The summed E-state index contributed by atoms with van der Waals surface area (Å²) in [4.78, 5) is 1.11. The minimum atomic E-state index is -4.76. The largest absolute Gasteiger partial charge is 0.416 e. The zero-order chi connectivity index (χ0) is 19.8. The summed E-state index contributed by atoms with van der Waals surface area (Å²) in [7, 11) is -3.90. The van der Waals surface area contributed by atoms with Crippen LogP contribution in [0.2, 0.25) is 0 Å². The smallest absolute Gasteiger partial charge is 0.366 e. The van der Waals surface area contributed by atoms with Crippen LogP contribution in [0, 0.1) is 0 Å². The van der Waals surface area contributed by atoms with Crippen molar-refractivity contribution in [1.29, 1.82) is 0 Å². The third-order valence-corrected chi connectivity index (χ3v) is 4.09. The van der Waals surface area contributed by atoms with Crippen molar-refractivity contribution < 1.29 is 43.7 Å². The Morgan fingerprint density at radius 1 is 1.19 bits per heavy atom. The molecule has 1 aromatic rings. The summed E-state index contributed by atoms with van der Waals surface area (Å²) in [5, 5.41) is 0. The van der Waals surface area contributed by atoms with Gasteiger partial charge in [-0.2, -0.15) is 34.8 Å². The lowest BCUT2D eigenvalue weighted by molar-refractivity contribution is -0.221. The molecule has 1 saturated heterocycles. The first-order valence-electron chi connectivity index (χ1n) is 7.24. The van der Waals surface area contributed by atoms with Crippen LogP contribution in [0.3, 0.4) is 0 Å². The molecule has 5 nitrogen and oxygen atoms in total. The number of morpholine rings is 1. The predicted molar refractivity (Wildman–Crippen MR) is 79.1 cm³/mol. The number of hydrogen-bond acceptors (Lipinski definition) is 5. The quantitative estimate of drug-likeness (QED) is 0.568. The topological polar surface area (TPSA) is 55.8 Å². The Labute approximate surface area is 145 Å². The van der Waals surface area contributed by atoms with E-state index >= 15 is 0 Å². The van der Waals surface area contributed by atoms with Gasteiger partial charge in [0.25, 0.3) is 10.1 Å². The van der Waals surface area contributed by atoms with Crippen molar-refractivity contribution in [3.63, 3.8) is 0 Å². The third-order valence-electron chi connectivity index (χ3n) is 3.54. The van der Waals surface area contributed by atoms with Crippen molar-refractivity contribution >= 4 is 15.8 Å². The molecule has 0 N–H and O–H groups in total. The van der Waals surface area contributed by atoms with E-state index in [0.717, 1.165) is 11.2 Å². The van der Waals surface area contributed by atoms with Gasteiger partial charge in [0.05, 0.1) is 31.6 Å². The summed E-state index contributed by atoms with van der Waals surface area (Å²) in [5.41, 5.74) is -1.36. The molecule has 0 bridgehead atoms. The van der Waals surface area contributed by atoms with Crippen LogP contribution in [-0.4, -0.2) is 46.7 Å². The summed E-state index contributed by atoms with van der Waals surface area (Å²) in [6.45, 7) is -1.68. The molecule has 1 aliphatic rings. The molecule has 1 fully saturated rings. The van der Waals surface area contributed by atoms with Gasteiger partial charge >= 0.3 is 12.4 Å². The molecule has 0 amide bonds. The van der Waals surface area contributed by atoms with Gasteiger partial charge in [0.2, 0.25) is 0 Å².